The fourth-order valence-electron chi connectivity index (χ4n) is 1.12. The molecule has 0 N–H and O–H groups in total. The first-order valence-corrected chi connectivity index (χ1v) is 5.93. The molecule has 5 nitrogen and oxygen atoms in total. The van der Waals surface area contributed by atoms with E-state index < -0.39 is 0 Å². The summed E-state index contributed by atoms with van der Waals surface area (Å²) in [7, 11) is 1.83. The Morgan fingerprint density at radius 2 is 2.25 bits per heavy atom. The minimum Gasteiger partial charge on any atom is -0.244 e. The molecular weight excluding hydrogens is 246 g/mol. The van der Waals surface area contributed by atoms with Crippen LogP contribution in [0.15, 0.2) is 22.6 Å². The van der Waals surface area contributed by atoms with E-state index in [0.29, 0.717) is 5.15 Å². The third-order valence-corrected chi connectivity index (χ3v) is 3.06. The lowest BCUT2D eigenvalue weighted by atomic mass is 10.4. The molecule has 0 saturated carbocycles. The summed E-state index contributed by atoms with van der Waals surface area (Å²) < 4.78 is 1.69. The van der Waals surface area contributed by atoms with Gasteiger partial charge in [-0.1, -0.05) is 18.5 Å². The Morgan fingerprint density at radius 1 is 1.44 bits per heavy atom. The van der Waals surface area contributed by atoms with Crippen LogP contribution in [0.5, 0.6) is 0 Å². The Balaban J connectivity index is 2.28. The molecule has 0 atom stereocenters. The quantitative estimate of drug-likeness (QED) is 0.785. The normalized spacial score (nSPS) is 10.7. The van der Waals surface area contributed by atoms with Crippen LogP contribution in [0.25, 0.3) is 0 Å². The topological polar surface area (TPSA) is 56.5 Å². The average Bonchev–Trinajstić information content (AvgIpc) is 2.63. The number of hydrogen-bond acceptors (Lipinski definition) is 5. The van der Waals surface area contributed by atoms with E-state index in [1.807, 2.05) is 14.0 Å². The van der Waals surface area contributed by atoms with Crippen LogP contribution in [0.1, 0.15) is 12.7 Å². The van der Waals surface area contributed by atoms with Gasteiger partial charge in [-0.05, 0) is 11.8 Å². The summed E-state index contributed by atoms with van der Waals surface area (Å²) in [6.45, 7) is 1.99. The summed E-state index contributed by atoms with van der Waals surface area (Å²) in [6.07, 6.45) is 2.26. The first kappa shape index (κ1) is 11.3. The standard InChI is InChI=1S/C9H10ClN5S/c1-3-7-13-6(10)4-8(14-7)16-9-11-5-12-15(9)2/h4-5H,3H2,1-2H3. The maximum absolute atomic E-state index is 5.90. The second kappa shape index (κ2) is 4.80. The summed E-state index contributed by atoms with van der Waals surface area (Å²) in [4.78, 5) is 12.6. The smallest absolute Gasteiger partial charge is 0.192 e. The summed E-state index contributed by atoms with van der Waals surface area (Å²) in [5, 5.41) is 6.00. The molecule has 0 aromatic carbocycles. The van der Waals surface area contributed by atoms with Crippen molar-refractivity contribution in [3.05, 3.63) is 23.4 Å². The number of halogens is 1. The highest BCUT2D eigenvalue weighted by molar-refractivity contribution is 7.99. The zero-order valence-corrected chi connectivity index (χ0v) is 10.5. The van der Waals surface area contributed by atoms with Crippen LogP contribution in [-0.4, -0.2) is 24.7 Å². The number of hydrogen-bond donors (Lipinski definition) is 0. The molecule has 0 spiro atoms. The molecule has 0 aliphatic rings. The number of aryl methyl sites for hydroxylation is 2. The van der Waals surface area contributed by atoms with Crippen LogP contribution >= 0.6 is 23.4 Å². The minimum atomic E-state index is 0.455. The molecule has 0 fully saturated rings. The number of nitrogens with zero attached hydrogens (tertiary/aromatic N) is 5. The van der Waals surface area contributed by atoms with Crippen molar-refractivity contribution in [3.63, 3.8) is 0 Å². The van der Waals surface area contributed by atoms with Crippen molar-refractivity contribution in [2.45, 2.75) is 23.5 Å². The van der Waals surface area contributed by atoms with Gasteiger partial charge in [-0.3, -0.25) is 0 Å². The molecule has 2 aromatic heterocycles. The Bertz CT molecular complexity index is 498. The van der Waals surface area contributed by atoms with Crippen LogP contribution in [0, 0.1) is 0 Å². The Hall–Kier alpha value is -1.14. The van der Waals surface area contributed by atoms with Crippen molar-refractivity contribution in [2.24, 2.45) is 7.05 Å². The molecule has 2 heterocycles. The van der Waals surface area contributed by atoms with E-state index in [2.05, 4.69) is 20.1 Å². The van der Waals surface area contributed by atoms with Gasteiger partial charge in [-0.15, -0.1) is 0 Å². The van der Waals surface area contributed by atoms with Crippen molar-refractivity contribution < 1.29 is 0 Å². The maximum Gasteiger partial charge on any atom is 0.192 e. The lowest BCUT2D eigenvalue weighted by molar-refractivity contribution is 0.684. The Labute approximate surface area is 102 Å². The monoisotopic (exact) mass is 255 g/mol. The zero-order valence-electron chi connectivity index (χ0n) is 8.88. The molecular formula is C9H10ClN5S. The molecule has 0 bridgehead atoms. The third-order valence-electron chi connectivity index (χ3n) is 1.90. The molecule has 0 aliphatic carbocycles. The van der Waals surface area contributed by atoms with Gasteiger partial charge in [0.2, 0.25) is 0 Å². The number of rotatable bonds is 3. The van der Waals surface area contributed by atoms with Gasteiger partial charge < -0.3 is 0 Å². The summed E-state index contributed by atoms with van der Waals surface area (Å²) in [5.74, 6) is 0.733. The molecule has 2 aromatic rings. The second-order valence-corrected chi connectivity index (χ2v) is 4.44. The van der Waals surface area contributed by atoms with Crippen LogP contribution in [-0.2, 0) is 13.5 Å². The second-order valence-electron chi connectivity index (χ2n) is 3.07. The molecule has 84 valence electrons. The van der Waals surface area contributed by atoms with Crippen LogP contribution in [0.4, 0.5) is 0 Å². The van der Waals surface area contributed by atoms with Crippen LogP contribution in [0.3, 0.4) is 0 Å². The zero-order chi connectivity index (χ0) is 11.5. The lowest BCUT2D eigenvalue weighted by Crippen LogP contribution is -1.97. The van der Waals surface area contributed by atoms with Gasteiger partial charge in [0.25, 0.3) is 0 Å². The van der Waals surface area contributed by atoms with E-state index in [0.717, 1.165) is 22.4 Å². The maximum atomic E-state index is 5.90. The predicted octanol–water partition coefficient (Wildman–Crippen LogP) is 1.97. The largest absolute Gasteiger partial charge is 0.244 e. The van der Waals surface area contributed by atoms with Gasteiger partial charge in [0.1, 0.15) is 22.3 Å². The Morgan fingerprint density at radius 3 is 2.88 bits per heavy atom. The molecule has 7 heteroatoms. The van der Waals surface area contributed by atoms with E-state index in [-0.39, 0.29) is 0 Å². The van der Waals surface area contributed by atoms with Crippen LogP contribution in [0.2, 0.25) is 5.15 Å². The average molecular weight is 256 g/mol. The highest BCUT2D eigenvalue weighted by Gasteiger charge is 2.07. The molecule has 0 unspecified atom stereocenters. The van der Waals surface area contributed by atoms with E-state index >= 15 is 0 Å². The van der Waals surface area contributed by atoms with Crippen molar-refractivity contribution in [2.75, 3.05) is 0 Å². The Kier molecular flexibility index (Phi) is 3.40. The van der Waals surface area contributed by atoms with E-state index in [9.17, 15) is 0 Å². The van der Waals surface area contributed by atoms with Gasteiger partial charge in [-0.2, -0.15) is 5.10 Å². The SMILES string of the molecule is CCc1nc(Cl)cc(Sc2ncnn2C)n1. The fraction of sp³-hybridized carbons (Fsp3) is 0.333. The molecule has 16 heavy (non-hydrogen) atoms. The molecule has 0 aliphatic heterocycles. The van der Waals surface area contributed by atoms with Gasteiger partial charge in [0.05, 0.1) is 0 Å². The van der Waals surface area contributed by atoms with Crippen molar-refractivity contribution in [3.8, 4) is 0 Å². The minimum absolute atomic E-state index is 0.455. The molecule has 2 rings (SSSR count). The summed E-state index contributed by atoms with van der Waals surface area (Å²) in [5.41, 5.74) is 0. The summed E-state index contributed by atoms with van der Waals surface area (Å²) >= 11 is 7.32. The predicted molar refractivity (Wildman–Crippen MR) is 61.5 cm³/mol. The fourth-order valence-corrected chi connectivity index (χ4v) is 2.18. The van der Waals surface area contributed by atoms with Crippen molar-refractivity contribution in [1.82, 2.24) is 24.7 Å². The van der Waals surface area contributed by atoms with E-state index in [4.69, 9.17) is 11.6 Å². The highest BCUT2D eigenvalue weighted by Crippen LogP contribution is 2.24. The third kappa shape index (κ3) is 2.51. The van der Waals surface area contributed by atoms with E-state index in [1.54, 1.807) is 10.7 Å². The molecule has 0 saturated heterocycles. The van der Waals surface area contributed by atoms with Crippen LogP contribution < -0.4 is 0 Å². The van der Waals surface area contributed by atoms with Gasteiger partial charge in [0.15, 0.2) is 5.16 Å². The number of aromatic nitrogens is 5. The molecule has 0 amide bonds. The van der Waals surface area contributed by atoms with Crippen molar-refractivity contribution >= 4 is 23.4 Å². The van der Waals surface area contributed by atoms with E-state index in [1.165, 1.54) is 18.1 Å². The van der Waals surface area contributed by atoms with Gasteiger partial charge in [-0.25, -0.2) is 19.6 Å². The molecule has 0 radical (unpaired) electrons. The highest BCUT2D eigenvalue weighted by atomic mass is 35.5. The van der Waals surface area contributed by atoms with Crippen molar-refractivity contribution in [1.29, 1.82) is 0 Å². The van der Waals surface area contributed by atoms with Gasteiger partial charge in [0, 0.05) is 19.5 Å². The first-order valence-electron chi connectivity index (χ1n) is 4.74. The lowest BCUT2D eigenvalue weighted by Gasteiger charge is -2.02. The summed E-state index contributed by atoms with van der Waals surface area (Å²) in [6, 6.07) is 1.72. The van der Waals surface area contributed by atoms with Gasteiger partial charge >= 0.3 is 0 Å². The first-order chi connectivity index (χ1) is 7.69.